The molecular formula is C16H16ClFN6O. The second-order valence-electron chi connectivity index (χ2n) is 5.97. The zero-order valence-electron chi connectivity index (χ0n) is 13.8. The van der Waals surface area contributed by atoms with Crippen molar-refractivity contribution in [1.82, 2.24) is 25.3 Å². The topological polar surface area (TPSA) is 95.6 Å². The van der Waals surface area contributed by atoms with E-state index in [9.17, 15) is 9.18 Å². The van der Waals surface area contributed by atoms with E-state index in [2.05, 4.69) is 30.6 Å². The largest absolute Gasteiger partial charge is 0.357 e. The lowest BCUT2D eigenvalue weighted by atomic mass is 10.0. The molecule has 7 nitrogen and oxygen atoms in total. The summed E-state index contributed by atoms with van der Waals surface area (Å²) in [5.74, 6) is -0.735. The van der Waals surface area contributed by atoms with E-state index in [0.717, 1.165) is 11.6 Å². The molecule has 0 radical (unpaired) electrons. The van der Waals surface area contributed by atoms with Gasteiger partial charge in [-0.15, -0.1) is 0 Å². The van der Waals surface area contributed by atoms with Crippen molar-refractivity contribution in [3.05, 3.63) is 35.5 Å². The summed E-state index contributed by atoms with van der Waals surface area (Å²) < 4.78 is 14.1. The van der Waals surface area contributed by atoms with Crippen molar-refractivity contribution in [2.24, 2.45) is 0 Å². The van der Waals surface area contributed by atoms with Crippen LogP contribution < -0.4 is 10.6 Å². The highest BCUT2D eigenvalue weighted by Crippen LogP contribution is 2.28. The Bertz CT molecular complexity index is 955. The van der Waals surface area contributed by atoms with Crippen LogP contribution in [0.5, 0.6) is 0 Å². The maximum Gasteiger partial charge on any atom is 0.244 e. The number of halogens is 2. The number of nitrogens with zero attached hydrogens (tertiary/aromatic N) is 3. The van der Waals surface area contributed by atoms with Gasteiger partial charge in [0.15, 0.2) is 17.5 Å². The fourth-order valence-electron chi connectivity index (χ4n) is 2.41. The summed E-state index contributed by atoms with van der Waals surface area (Å²) in [6.45, 7) is 3.25. The highest BCUT2D eigenvalue weighted by atomic mass is 35.5. The Labute approximate surface area is 148 Å². The van der Waals surface area contributed by atoms with Crippen molar-refractivity contribution in [3.63, 3.8) is 0 Å². The van der Waals surface area contributed by atoms with E-state index < -0.39 is 11.4 Å². The van der Waals surface area contributed by atoms with Gasteiger partial charge in [0.2, 0.25) is 5.91 Å². The number of pyridine rings is 1. The lowest BCUT2D eigenvalue weighted by molar-refractivity contribution is -0.124. The monoisotopic (exact) mass is 362 g/mol. The van der Waals surface area contributed by atoms with Gasteiger partial charge in [-0.3, -0.25) is 4.79 Å². The number of likely N-dealkylation sites (N-methyl/N-ethyl adjacent to an activating group) is 1. The summed E-state index contributed by atoms with van der Waals surface area (Å²) in [5.41, 5.74) is 0.199. The van der Waals surface area contributed by atoms with Gasteiger partial charge in [0.25, 0.3) is 0 Å². The zero-order chi connectivity index (χ0) is 18.2. The number of hydrogen-bond acceptors (Lipinski definition) is 5. The number of fused-ring (bicyclic) bond motifs is 1. The van der Waals surface area contributed by atoms with Gasteiger partial charge in [-0.05, 0) is 19.9 Å². The number of H-pyrrole nitrogens is 1. The Kier molecular flexibility index (Phi) is 4.30. The molecule has 3 heterocycles. The fourth-order valence-corrected chi connectivity index (χ4v) is 2.57. The van der Waals surface area contributed by atoms with Gasteiger partial charge >= 0.3 is 0 Å². The maximum atomic E-state index is 14.1. The normalized spacial score (nSPS) is 11.6. The molecule has 0 saturated heterocycles. The first kappa shape index (κ1) is 17.1. The van der Waals surface area contributed by atoms with Gasteiger partial charge in [0, 0.05) is 30.4 Å². The van der Waals surface area contributed by atoms with Crippen LogP contribution in [0.15, 0.2) is 24.7 Å². The summed E-state index contributed by atoms with van der Waals surface area (Å²) in [4.78, 5) is 27.3. The number of aromatic nitrogens is 4. The molecule has 0 aliphatic carbocycles. The molecule has 0 fully saturated rings. The predicted molar refractivity (Wildman–Crippen MR) is 93.9 cm³/mol. The van der Waals surface area contributed by atoms with Gasteiger partial charge in [0.05, 0.1) is 11.2 Å². The molecule has 0 aliphatic rings. The molecule has 130 valence electrons. The molecule has 9 heteroatoms. The number of rotatable bonds is 4. The average molecular weight is 363 g/mol. The molecule has 0 aliphatic heterocycles. The molecule has 0 spiro atoms. The molecule has 1 amide bonds. The van der Waals surface area contributed by atoms with Crippen LogP contribution >= 0.6 is 11.6 Å². The van der Waals surface area contributed by atoms with E-state index in [1.54, 1.807) is 26.1 Å². The number of nitrogens with one attached hydrogen (secondary N) is 3. The molecule has 25 heavy (non-hydrogen) atoms. The Hall–Kier alpha value is -2.74. The van der Waals surface area contributed by atoms with Gasteiger partial charge in [0.1, 0.15) is 11.2 Å². The van der Waals surface area contributed by atoms with Crippen LogP contribution in [0, 0.1) is 5.82 Å². The highest BCUT2D eigenvalue weighted by molar-refractivity contribution is 6.31. The van der Waals surface area contributed by atoms with E-state index in [1.807, 2.05) is 0 Å². The van der Waals surface area contributed by atoms with Gasteiger partial charge < -0.3 is 15.6 Å². The number of carbonyl (C=O) groups is 1. The summed E-state index contributed by atoms with van der Waals surface area (Å²) in [5, 5.41) is 6.52. The third-order valence-electron chi connectivity index (χ3n) is 3.71. The minimum atomic E-state index is -1.05. The van der Waals surface area contributed by atoms with E-state index in [1.165, 1.54) is 13.2 Å². The first-order valence-corrected chi connectivity index (χ1v) is 7.85. The molecule has 3 aromatic rings. The predicted octanol–water partition coefficient (Wildman–Crippen LogP) is 2.75. The first-order chi connectivity index (χ1) is 11.8. The standard InChI is InChI=1S/C16H16ClFN6O/c1-16(2,15(25)19-3)24-14-11(18)7-22-13(23-14)10-6-21-12-9(10)4-8(17)5-20-12/h4-7H,1-3H3,(H,19,25)(H,20,21)(H,22,23,24). The molecule has 3 aromatic heterocycles. The number of amides is 1. The molecular weight excluding hydrogens is 347 g/mol. The molecule has 0 aromatic carbocycles. The highest BCUT2D eigenvalue weighted by Gasteiger charge is 2.28. The van der Waals surface area contributed by atoms with Crippen molar-refractivity contribution >= 4 is 34.4 Å². The van der Waals surface area contributed by atoms with E-state index >= 15 is 0 Å². The second kappa shape index (κ2) is 6.29. The lowest BCUT2D eigenvalue weighted by Gasteiger charge is -2.25. The second-order valence-corrected chi connectivity index (χ2v) is 6.41. The number of aromatic amines is 1. The van der Waals surface area contributed by atoms with Crippen LogP contribution in [-0.2, 0) is 4.79 Å². The van der Waals surface area contributed by atoms with E-state index in [0.29, 0.717) is 16.2 Å². The third kappa shape index (κ3) is 3.25. The zero-order valence-corrected chi connectivity index (χ0v) is 14.6. The lowest BCUT2D eigenvalue weighted by Crippen LogP contribution is -2.47. The van der Waals surface area contributed by atoms with Gasteiger partial charge in [-0.2, -0.15) is 0 Å². The van der Waals surface area contributed by atoms with E-state index in [4.69, 9.17) is 11.6 Å². The van der Waals surface area contributed by atoms with Crippen LogP contribution in [0.25, 0.3) is 22.4 Å². The number of hydrogen-bond donors (Lipinski definition) is 3. The van der Waals surface area contributed by atoms with Crippen molar-refractivity contribution in [2.45, 2.75) is 19.4 Å². The molecule has 3 rings (SSSR count). The maximum absolute atomic E-state index is 14.1. The summed E-state index contributed by atoms with van der Waals surface area (Å²) in [6, 6.07) is 1.73. The summed E-state index contributed by atoms with van der Waals surface area (Å²) >= 11 is 6.00. The molecule has 3 N–H and O–H groups in total. The van der Waals surface area contributed by atoms with E-state index in [-0.39, 0.29) is 17.5 Å². The summed E-state index contributed by atoms with van der Waals surface area (Å²) in [7, 11) is 1.51. The molecule has 0 atom stereocenters. The van der Waals surface area contributed by atoms with Gasteiger partial charge in [-0.1, -0.05) is 11.6 Å². The fraction of sp³-hybridized carbons (Fsp3) is 0.250. The Morgan fingerprint density at radius 3 is 2.80 bits per heavy atom. The number of anilines is 1. The minimum Gasteiger partial charge on any atom is -0.357 e. The quantitative estimate of drug-likeness (QED) is 0.663. The number of carbonyl (C=O) groups excluding carboxylic acids is 1. The van der Waals surface area contributed by atoms with Gasteiger partial charge in [-0.25, -0.2) is 19.3 Å². The Balaban J connectivity index is 2.04. The van der Waals surface area contributed by atoms with Crippen LogP contribution in [0.4, 0.5) is 10.2 Å². The third-order valence-corrected chi connectivity index (χ3v) is 3.92. The van der Waals surface area contributed by atoms with Crippen molar-refractivity contribution in [3.8, 4) is 11.4 Å². The summed E-state index contributed by atoms with van der Waals surface area (Å²) in [6.07, 6.45) is 4.25. The average Bonchev–Trinajstić information content (AvgIpc) is 2.98. The van der Waals surface area contributed by atoms with Crippen LogP contribution in [0.3, 0.4) is 0 Å². The van der Waals surface area contributed by atoms with Crippen LogP contribution in [0.2, 0.25) is 5.02 Å². The SMILES string of the molecule is CNC(=O)C(C)(C)Nc1nc(-c2c[nH]c3ncc(Cl)cc23)ncc1F. The molecule has 0 unspecified atom stereocenters. The minimum absolute atomic E-state index is 0.0667. The van der Waals surface area contributed by atoms with Crippen molar-refractivity contribution in [1.29, 1.82) is 0 Å². The van der Waals surface area contributed by atoms with Crippen LogP contribution in [-0.4, -0.2) is 38.4 Å². The Morgan fingerprint density at radius 2 is 2.08 bits per heavy atom. The van der Waals surface area contributed by atoms with Crippen molar-refractivity contribution in [2.75, 3.05) is 12.4 Å². The Morgan fingerprint density at radius 1 is 1.32 bits per heavy atom. The first-order valence-electron chi connectivity index (χ1n) is 7.47. The molecule has 0 saturated carbocycles. The molecule has 0 bridgehead atoms. The van der Waals surface area contributed by atoms with Crippen molar-refractivity contribution < 1.29 is 9.18 Å². The van der Waals surface area contributed by atoms with Crippen LogP contribution in [0.1, 0.15) is 13.8 Å². The smallest absolute Gasteiger partial charge is 0.244 e.